The van der Waals surface area contributed by atoms with E-state index in [2.05, 4.69) is 36.1 Å². The second-order valence-electron chi connectivity index (χ2n) is 5.48. The van der Waals surface area contributed by atoms with Gasteiger partial charge in [0.25, 0.3) is 0 Å². The lowest BCUT2D eigenvalue weighted by atomic mass is 9.92. The lowest BCUT2D eigenvalue weighted by Gasteiger charge is -2.32. The number of hydrogen-bond acceptors (Lipinski definition) is 2. The van der Waals surface area contributed by atoms with Crippen LogP contribution in [0.5, 0.6) is 0 Å². The lowest BCUT2D eigenvalue weighted by Crippen LogP contribution is -2.33. The quantitative estimate of drug-likeness (QED) is 0.864. The molecule has 1 aromatic carbocycles. The highest BCUT2D eigenvalue weighted by Gasteiger charge is 2.18. The number of nitrogens with two attached hydrogens (primary N) is 1. The molecule has 1 saturated heterocycles. The van der Waals surface area contributed by atoms with Gasteiger partial charge in [-0.3, -0.25) is 4.90 Å². The minimum atomic E-state index is 0.655. The Balaban J connectivity index is 1.87. The average Bonchev–Trinajstić information content (AvgIpc) is 2.42. The van der Waals surface area contributed by atoms with Gasteiger partial charge in [-0.25, -0.2) is 0 Å². The molecular weight excluding hydrogens is 220 g/mol. The molecule has 0 amide bonds. The van der Waals surface area contributed by atoms with E-state index in [0.717, 1.165) is 12.5 Å². The van der Waals surface area contributed by atoms with Crippen LogP contribution in [-0.2, 0) is 13.1 Å². The summed E-state index contributed by atoms with van der Waals surface area (Å²) in [6.07, 6.45) is 5.49. The first-order valence-electron chi connectivity index (χ1n) is 7.32. The Bertz CT molecular complexity index is 354. The van der Waals surface area contributed by atoms with E-state index in [1.807, 2.05) is 0 Å². The molecule has 1 fully saturated rings. The SMILES string of the molecule is CCCC1CCN(Cc2ccccc2CN)CC1. The van der Waals surface area contributed by atoms with E-state index in [9.17, 15) is 0 Å². The molecule has 2 N–H and O–H groups in total. The van der Waals surface area contributed by atoms with E-state index in [1.54, 1.807) is 0 Å². The fourth-order valence-electron chi connectivity index (χ4n) is 2.99. The van der Waals surface area contributed by atoms with Gasteiger partial charge in [0.15, 0.2) is 0 Å². The van der Waals surface area contributed by atoms with Crippen LogP contribution < -0.4 is 5.73 Å². The molecule has 0 unspecified atom stereocenters. The highest BCUT2D eigenvalue weighted by molar-refractivity contribution is 5.26. The molecule has 2 nitrogen and oxygen atoms in total. The Morgan fingerprint density at radius 2 is 1.83 bits per heavy atom. The molecule has 2 rings (SSSR count). The van der Waals surface area contributed by atoms with Crippen LogP contribution in [0.4, 0.5) is 0 Å². The van der Waals surface area contributed by atoms with Crippen LogP contribution in [-0.4, -0.2) is 18.0 Å². The van der Waals surface area contributed by atoms with E-state index in [1.165, 1.54) is 49.9 Å². The first-order chi connectivity index (χ1) is 8.83. The van der Waals surface area contributed by atoms with E-state index in [0.29, 0.717) is 6.54 Å². The maximum Gasteiger partial charge on any atom is 0.0236 e. The molecule has 1 aliphatic heterocycles. The van der Waals surface area contributed by atoms with Gasteiger partial charge in [-0.15, -0.1) is 0 Å². The minimum absolute atomic E-state index is 0.655. The van der Waals surface area contributed by atoms with Gasteiger partial charge in [-0.05, 0) is 43.0 Å². The average molecular weight is 246 g/mol. The summed E-state index contributed by atoms with van der Waals surface area (Å²) >= 11 is 0. The number of likely N-dealkylation sites (tertiary alicyclic amines) is 1. The zero-order valence-electron chi connectivity index (χ0n) is 11.6. The van der Waals surface area contributed by atoms with Crippen molar-refractivity contribution in [3.05, 3.63) is 35.4 Å². The number of piperidine rings is 1. The second kappa shape index (κ2) is 6.91. The summed E-state index contributed by atoms with van der Waals surface area (Å²) in [6.45, 7) is 6.53. The molecule has 2 heteroatoms. The zero-order chi connectivity index (χ0) is 12.8. The Labute approximate surface area is 111 Å². The Hall–Kier alpha value is -0.860. The van der Waals surface area contributed by atoms with E-state index in [4.69, 9.17) is 5.73 Å². The molecule has 0 saturated carbocycles. The minimum Gasteiger partial charge on any atom is -0.326 e. The maximum absolute atomic E-state index is 5.80. The molecule has 0 atom stereocenters. The van der Waals surface area contributed by atoms with Crippen LogP contribution >= 0.6 is 0 Å². The van der Waals surface area contributed by atoms with Crippen molar-refractivity contribution in [3.8, 4) is 0 Å². The molecule has 0 radical (unpaired) electrons. The fraction of sp³-hybridized carbons (Fsp3) is 0.625. The van der Waals surface area contributed by atoms with Crippen LogP contribution in [0.25, 0.3) is 0 Å². The van der Waals surface area contributed by atoms with Crippen LogP contribution in [0, 0.1) is 5.92 Å². The third-order valence-electron chi connectivity index (χ3n) is 4.14. The molecule has 0 bridgehead atoms. The third-order valence-corrected chi connectivity index (χ3v) is 4.14. The molecule has 18 heavy (non-hydrogen) atoms. The predicted octanol–water partition coefficient (Wildman–Crippen LogP) is 3.16. The molecule has 1 aliphatic rings. The largest absolute Gasteiger partial charge is 0.326 e. The first-order valence-corrected chi connectivity index (χ1v) is 7.32. The smallest absolute Gasteiger partial charge is 0.0236 e. The maximum atomic E-state index is 5.80. The Morgan fingerprint density at radius 3 is 2.44 bits per heavy atom. The number of rotatable bonds is 5. The summed E-state index contributed by atoms with van der Waals surface area (Å²) in [5, 5.41) is 0. The number of benzene rings is 1. The van der Waals surface area contributed by atoms with E-state index >= 15 is 0 Å². The van der Waals surface area contributed by atoms with Gasteiger partial charge in [-0.2, -0.15) is 0 Å². The standard InChI is InChI=1S/C16H26N2/c1-2-5-14-8-10-18(11-9-14)13-16-7-4-3-6-15(16)12-17/h3-4,6-7,14H,2,5,8-13,17H2,1H3. The summed E-state index contributed by atoms with van der Waals surface area (Å²) in [5.74, 6) is 0.969. The van der Waals surface area contributed by atoms with Crippen LogP contribution in [0.2, 0.25) is 0 Å². The van der Waals surface area contributed by atoms with Crippen molar-refractivity contribution in [2.45, 2.75) is 45.7 Å². The van der Waals surface area contributed by atoms with Crippen molar-refractivity contribution in [2.75, 3.05) is 13.1 Å². The van der Waals surface area contributed by atoms with Gasteiger partial charge in [0, 0.05) is 13.1 Å². The molecule has 1 aromatic rings. The molecule has 1 heterocycles. The van der Waals surface area contributed by atoms with Crippen molar-refractivity contribution in [1.29, 1.82) is 0 Å². The van der Waals surface area contributed by atoms with Crippen molar-refractivity contribution in [3.63, 3.8) is 0 Å². The van der Waals surface area contributed by atoms with Crippen molar-refractivity contribution >= 4 is 0 Å². The summed E-state index contributed by atoms with van der Waals surface area (Å²) in [5.41, 5.74) is 8.51. The van der Waals surface area contributed by atoms with Crippen molar-refractivity contribution in [2.24, 2.45) is 11.7 Å². The molecule has 0 spiro atoms. The Kier molecular flexibility index (Phi) is 5.21. The summed E-state index contributed by atoms with van der Waals surface area (Å²) in [4.78, 5) is 2.58. The van der Waals surface area contributed by atoms with Crippen LogP contribution in [0.1, 0.15) is 43.7 Å². The summed E-state index contributed by atoms with van der Waals surface area (Å²) < 4.78 is 0. The number of hydrogen-bond donors (Lipinski definition) is 1. The van der Waals surface area contributed by atoms with Crippen LogP contribution in [0.15, 0.2) is 24.3 Å². The topological polar surface area (TPSA) is 29.3 Å². The van der Waals surface area contributed by atoms with Gasteiger partial charge in [0.1, 0.15) is 0 Å². The summed E-state index contributed by atoms with van der Waals surface area (Å²) in [6, 6.07) is 8.58. The molecule has 0 aliphatic carbocycles. The summed E-state index contributed by atoms with van der Waals surface area (Å²) in [7, 11) is 0. The molecular formula is C16H26N2. The highest BCUT2D eigenvalue weighted by Crippen LogP contribution is 2.23. The lowest BCUT2D eigenvalue weighted by molar-refractivity contribution is 0.171. The van der Waals surface area contributed by atoms with Crippen molar-refractivity contribution in [1.82, 2.24) is 4.90 Å². The van der Waals surface area contributed by atoms with E-state index < -0.39 is 0 Å². The normalized spacial score (nSPS) is 18.1. The highest BCUT2D eigenvalue weighted by atomic mass is 15.1. The molecule has 100 valence electrons. The van der Waals surface area contributed by atoms with Gasteiger partial charge in [0.2, 0.25) is 0 Å². The molecule has 0 aromatic heterocycles. The second-order valence-corrected chi connectivity index (χ2v) is 5.48. The fourth-order valence-corrected chi connectivity index (χ4v) is 2.99. The van der Waals surface area contributed by atoms with Gasteiger partial charge < -0.3 is 5.73 Å². The third kappa shape index (κ3) is 3.56. The van der Waals surface area contributed by atoms with Crippen LogP contribution in [0.3, 0.4) is 0 Å². The predicted molar refractivity (Wildman–Crippen MR) is 77.2 cm³/mol. The monoisotopic (exact) mass is 246 g/mol. The zero-order valence-corrected chi connectivity index (χ0v) is 11.6. The first kappa shape index (κ1) is 13.6. The van der Waals surface area contributed by atoms with Crippen molar-refractivity contribution < 1.29 is 0 Å². The van der Waals surface area contributed by atoms with E-state index in [-0.39, 0.29) is 0 Å². The number of nitrogens with zero attached hydrogens (tertiary/aromatic N) is 1. The Morgan fingerprint density at radius 1 is 1.17 bits per heavy atom. The van der Waals surface area contributed by atoms with Gasteiger partial charge in [0.05, 0.1) is 0 Å². The van der Waals surface area contributed by atoms with Gasteiger partial charge >= 0.3 is 0 Å². The van der Waals surface area contributed by atoms with Gasteiger partial charge in [-0.1, -0.05) is 44.0 Å².